The highest BCUT2D eigenvalue weighted by molar-refractivity contribution is 8.13. The van der Waals surface area contributed by atoms with Crippen molar-refractivity contribution >= 4 is 28.3 Å². The summed E-state index contributed by atoms with van der Waals surface area (Å²) in [6.07, 6.45) is 3.17. The van der Waals surface area contributed by atoms with Crippen molar-refractivity contribution in [2.24, 2.45) is 10.9 Å². The third kappa shape index (κ3) is 3.71. The van der Waals surface area contributed by atoms with E-state index >= 15 is 0 Å². The van der Waals surface area contributed by atoms with Crippen molar-refractivity contribution in [2.45, 2.75) is 39.8 Å². The van der Waals surface area contributed by atoms with Gasteiger partial charge in [0, 0.05) is 22.9 Å². The summed E-state index contributed by atoms with van der Waals surface area (Å²) in [5.74, 6) is 1.85. The van der Waals surface area contributed by atoms with Crippen LogP contribution in [0.15, 0.2) is 11.2 Å². The molecule has 0 aliphatic carbocycles. The zero-order valence-corrected chi connectivity index (χ0v) is 12.2. The van der Waals surface area contributed by atoms with Gasteiger partial charge in [-0.15, -0.1) is 11.3 Å². The third-order valence-electron chi connectivity index (χ3n) is 2.83. The van der Waals surface area contributed by atoms with Gasteiger partial charge in [0.25, 0.3) is 0 Å². The Morgan fingerprint density at radius 3 is 3.06 bits per heavy atom. The number of hydrogen-bond acceptors (Lipinski definition) is 4. The van der Waals surface area contributed by atoms with Crippen molar-refractivity contribution in [1.82, 2.24) is 10.3 Å². The maximum absolute atomic E-state index is 4.64. The molecule has 1 aromatic rings. The van der Waals surface area contributed by atoms with E-state index in [9.17, 15) is 0 Å². The number of aromatic nitrogens is 1. The van der Waals surface area contributed by atoms with E-state index in [-0.39, 0.29) is 0 Å². The maximum Gasteiger partial charge on any atom is 0.157 e. The minimum atomic E-state index is 0.582. The van der Waals surface area contributed by atoms with Crippen LogP contribution in [-0.2, 0) is 6.54 Å². The fraction of sp³-hybridized carbons (Fsp3) is 0.667. The Bertz CT molecular complexity index is 398. The Morgan fingerprint density at radius 1 is 1.59 bits per heavy atom. The van der Waals surface area contributed by atoms with E-state index in [2.05, 4.69) is 29.1 Å². The molecule has 2 rings (SSSR count). The molecular formula is C12H19N3S2. The number of thiazole rings is 1. The molecule has 1 fully saturated rings. The quantitative estimate of drug-likeness (QED) is 0.916. The molecule has 0 radical (unpaired) electrons. The van der Waals surface area contributed by atoms with E-state index in [0.29, 0.717) is 12.0 Å². The molecular weight excluding hydrogens is 250 g/mol. The lowest BCUT2D eigenvalue weighted by Crippen LogP contribution is -2.41. The van der Waals surface area contributed by atoms with Gasteiger partial charge in [-0.2, -0.15) is 0 Å². The second-order valence-electron chi connectivity index (χ2n) is 4.60. The number of thioether (sulfide) groups is 1. The summed E-state index contributed by atoms with van der Waals surface area (Å²) in [6, 6.07) is 0.582. The van der Waals surface area contributed by atoms with Crippen LogP contribution in [0.25, 0.3) is 0 Å². The van der Waals surface area contributed by atoms with Crippen LogP contribution < -0.4 is 5.32 Å². The normalized spacial score (nSPS) is 23.1. The Hall–Kier alpha value is -0.550. The van der Waals surface area contributed by atoms with Gasteiger partial charge in [-0.1, -0.05) is 25.6 Å². The van der Waals surface area contributed by atoms with Crippen LogP contribution in [-0.4, -0.2) is 21.9 Å². The molecule has 1 aliphatic rings. The van der Waals surface area contributed by atoms with Crippen LogP contribution in [0.1, 0.15) is 30.2 Å². The Kier molecular flexibility index (Phi) is 4.45. The predicted octanol–water partition coefficient (Wildman–Crippen LogP) is 3.06. The Labute approximate surface area is 111 Å². The lowest BCUT2D eigenvalue weighted by Gasteiger charge is -2.28. The largest absolute Gasteiger partial charge is 0.362 e. The predicted molar refractivity (Wildman–Crippen MR) is 76.8 cm³/mol. The first-order chi connectivity index (χ1) is 8.15. The van der Waals surface area contributed by atoms with Crippen LogP contribution in [0.5, 0.6) is 0 Å². The summed E-state index contributed by atoms with van der Waals surface area (Å²) in [6.45, 7) is 7.31. The van der Waals surface area contributed by atoms with E-state index in [1.807, 2.05) is 24.9 Å². The number of hydrogen-bond donors (Lipinski definition) is 1. The topological polar surface area (TPSA) is 37.3 Å². The molecule has 1 N–H and O–H groups in total. The van der Waals surface area contributed by atoms with Gasteiger partial charge in [-0.05, 0) is 19.3 Å². The highest BCUT2D eigenvalue weighted by Gasteiger charge is 2.19. The summed E-state index contributed by atoms with van der Waals surface area (Å²) in [7, 11) is 0. The SMILES string of the molecule is Cc1ncc(CN=C2NC(C(C)C)CCS2)s1. The highest BCUT2D eigenvalue weighted by atomic mass is 32.2. The molecule has 0 saturated carbocycles. The molecule has 2 heterocycles. The van der Waals surface area contributed by atoms with Crippen LogP contribution in [0.2, 0.25) is 0 Å². The third-order valence-corrected chi connectivity index (χ3v) is 4.69. The van der Waals surface area contributed by atoms with E-state index in [1.165, 1.54) is 17.1 Å². The number of aryl methyl sites for hydroxylation is 1. The monoisotopic (exact) mass is 269 g/mol. The molecule has 3 nitrogen and oxygen atoms in total. The fourth-order valence-corrected chi connectivity index (χ4v) is 3.45. The average molecular weight is 269 g/mol. The van der Waals surface area contributed by atoms with E-state index in [4.69, 9.17) is 0 Å². The lowest BCUT2D eigenvalue weighted by molar-refractivity contribution is 0.442. The molecule has 1 saturated heterocycles. The van der Waals surface area contributed by atoms with Gasteiger partial charge < -0.3 is 5.32 Å². The summed E-state index contributed by atoms with van der Waals surface area (Å²) in [4.78, 5) is 10.1. The highest BCUT2D eigenvalue weighted by Crippen LogP contribution is 2.20. The standard InChI is InChI=1S/C12H19N3S2/c1-8(2)11-4-5-16-12(15-11)14-7-10-6-13-9(3)17-10/h6,8,11H,4-5,7H2,1-3H3,(H,14,15). The fourth-order valence-electron chi connectivity index (χ4n) is 1.77. The minimum absolute atomic E-state index is 0.582. The first-order valence-electron chi connectivity index (χ1n) is 6.00. The number of amidine groups is 1. The number of aliphatic imine (C=N–C) groups is 1. The molecule has 5 heteroatoms. The molecule has 17 heavy (non-hydrogen) atoms. The molecule has 0 amide bonds. The maximum atomic E-state index is 4.64. The second kappa shape index (κ2) is 5.87. The lowest BCUT2D eigenvalue weighted by atomic mass is 10.0. The number of nitrogens with zero attached hydrogens (tertiary/aromatic N) is 2. The first kappa shape index (κ1) is 12.9. The van der Waals surface area contributed by atoms with Gasteiger partial charge in [0.15, 0.2) is 5.17 Å². The van der Waals surface area contributed by atoms with Crippen molar-refractivity contribution in [2.75, 3.05) is 5.75 Å². The van der Waals surface area contributed by atoms with Gasteiger partial charge in [-0.3, -0.25) is 4.99 Å². The summed E-state index contributed by atoms with van der Waals surface area (Å²) in [5.41, 5.74) is 0. The molecule has 94 valence electrons. The first-order valence-corrected chi connectivity index (χ1v) is 7.80. The number of nitrogens with one attached hydrogen (secondary N) is 1. The summed E-state index contributed by atoms with van der Waals surface area (Å²) in [5, 5.41) is 5.74. The van der Waals surface area contributed by atoms with E-state index < -0.39 is 0 Å². The van der Waals surface area contributed by atoms with Crippen LogP contribution in [0, 0.1) is 12.8 Å². The van der Waals surface area contributed by atoms with Gasteiger partial charge in [0.2, 0.25) is 0 Å². The van der Waals surface area contributed by atoms with E-state index in [1.54, 1.807) is 11.3 Å². The van der Waals surface area contributed by atoms with Crippen LogP contribution in [0.4, 0.5) is 0 Å². The summed E-state index contributed by atoms with van der Waals surface area (Å²) < 4.78 is 0. The zero-order chi connectivity index (χ0) is 12.3. The summed E-state index contributed by atoms with van der Waals surface area (Å²) >= 11 is 3.56. The average Bonchev–Trinajstić information content (AvgIpc) is 2.73. The molecule has 0 bridgehead atoms. The van der Waals surface area contributed by atoms with Crippen molar-refractivity contribution in [1.29, 1.82) is 0 Å². The van der Waals surface area contributed by atoms with E-state index in [0.717, 1.165) is 16.7 Å². The van der Waals surface area contributed by atoms with Crippen LogP contribution >= 0.6 is 23.1 Å². The zero-order valence-electron chi connectivity index (χ0n) is 10.6. The Morgan fingerprint density at radius 2 is 2.41 bits per heavy atom. The molecule has 1 aliphatic heterocycles. The molecule has 0 aromatic carbocycles. The molecule has 0 spiro atoms. The van der Waals surface area contributed by atoms with Gasteiger partial charge in [0.1, 0.15) is 0 Å². The van der Waals surface area contributed by atoms with Crippen molar-refractivity contribution in [3.8, 4) is 0 Å². The van der Waals surface area contributed by atoms with Crippen molar-refractivity contribution in [3.05, 3.63) is 16.1 Å². The smallest absolute Gasteiger partial charge is 0.157 e. The second-order valence-corrected chi connectivity index (χ2v) is 7.00. The number of rotatable bonds is 3. The molecule has 1 aromatic heterocycles. The van der Waals surface area contributed by atoms with Crippen molar-refractivity contribution < 1.29 is 0 Å². The minimum Gasteiger partial charge on any atom is -0.362 e. The van der Waals surface area contributed by atoms with Gasteiger partial charge in [0.05, 0.1) is 11.6 Å². The van der Waals surface area contributed by atoms with Crippen molar-refractivity contribution in [3.63, 3.8) is 0 Å². The van der Waals surface area contributed by atoms with Crippen LogP contribution in [0.3, 0.4) is 0 Å². The van der Waals surface area contributed by atoms with Gasteiger partial charge >= 0.3 is 0 Å². The molecule has 1 atom stereocenters. The Balaban J connectivity index is 1.93. The van der Waals surface area contributed by atoms with Gasteiger partial charge in [-0.25, -0.2) is 4.98 Å². The molecule has 1 unspecified atom stereocenters.